The first-order chi connectivity index (χ1) is 15.0. The van der Waals surface area contributed by atoms with E-state index in [-0.39, 0.29) is 23.6 Å². The molecule has 1 N–H and O–H groups in total. The quantitative estimate of drug-likeness (QED) is 0.607. The number of fused-ring (bicyclic) bond motifs is 3. The fourth-order valence-corrected chi connectivity index (χ4v) is 5.50. The summed E-state index contributed by atoms with van der Waals surface area (Å²) in [6.45, 7) is 5.09. The summed E-state index contributed by atoms with van der Waals surface area (Å²) in [5, 5.41) is 11.3. The van der Waals surface area contributed by atoms with Gasteiger partial charge in [0.25, 0.3) is 0 Å². The van der Waals surface area contributed by atoms with Gasteiger partial charge in [0.05, 0.1) is 17.6 Å². The molecule has 0 spiro atoms. The number of hydrogen-bond acceptors (Lipinski definition) is 2. The Balaban J connectivity index is 1.70. The Morgan fingerprint density at radius 3 is 2.22 bits per heavy atom. The smallest absolute Gasteiger partial charge is 0.388 e. The fraction of sp³-hybridized carbons (Fsp3) is 0.500. The maximum atomic E-state index is 13.6. The van der Waals surface area contributed by atoms with Crippen molar-refractivity contribution >= 4 is 0 Å². The molecule has 2 bridgehead atoms. The van der Waals surface area contributed by atoms with Crippen molar-refractivity contribution in [2.24, 2.45) is 17.8 Å². The molecule has 4 atom stereocenters. The van der Waals surface area contributed by atoms with Gasteiger partial charge in [-0.1, -0.05) is 43.0 Å². The number of rotatable bonds is 4. The standard InChI is InChI=1S/C24H25F6NO/c1-14-18(12-17(23(25,26)27)13-19(14)24(28,29)30)22(32)21-16-7-9-31(10-8-16)20(21)11-15-5-3-2-4-6-15/h2-6,12-13,16,19-22,32H,1,7-11H2. The normalized spacial score (nSPS) is 31.8. The molecule has 3 heterocycles. The zero-order valence-electron chi connectivity index (χ0n) is 17.3. The number of halogens is 6. The highest BCUT2D eigenvalue weighted by molar-refractivity contribution is 5.49. The van der Waals surface area contributed by atoms with Gasteiger partial charge in [0, 0.05) is 12.0 Å². The summed E-state index contributed by atoms with van der Waals surface area (Å²) >= 11 is 0. The van der Waals surface area contributed by atoms with Gasteiger partial charge in [-0.15, -0.1) is 0 Å². The number of allylic oxidation sites excluding steroid dienone is 3. The van der Waals surface area contributed by atoms with Crippen LogP contribution in [0, 0.1) is 17.8 Å². The van der Waals surface area contributed by atoms with Crippen molar-refractivity contribution < 1.29 is 31.4 Å². The van der Waals surface area contributed by atoms with Crippen molar-refractivity contribution in [2.75, 3.05) is 13.1 Å². The summed E-state index contributed by atoms with van der Waals surface area (Å²) in [7, 11) is 0. The van der Waals surface area contributed by atoms with Crippen LogP contribution in [0.2, 0.25) is 0 Å². The van der Waals surface area contributed by atoms with E-state index in [2.05, 4.69) is 11.5 Å². The largest absolute Gasteiger partial charge is 0.416 e. The average molecular weight is 457 g/mol. The lowest BCUT2D eigenvalue weighted by Gasteiger charge is -2.53. The number of piperidine rings is 3. The maximum Gasteiger partial charge on any atom is 0.416 e. The predicted octanol–water partition coefficient (Wildman–Crippen LogP) is 5.46. The van der Waals surface area contributed by atoms with E-state index in [0.717, 1.165) is 31.5 Å². The Kier molecular flexibility index (Phi) is 6.05. The minimum Gasteiger partial charge on any atom is -0.388 e. The van der Waals surface area contributed by atoms with E-state index in [1.54, 1.807) is 0 Å². The second-order valence-electron chi connectivity index (χ2n) is 8.92. The second kappa shape index (κ2) is 8.37. The van der Waals surface area contributed by atoms with Crippen LogP contribution in [0.4, 0.5) is 26.3 Å². The Bertz CT molecular complexity index is 909. The molecule has 5 rings (SSSR count). The molecule has 0 saturated carbocycles. The van der Waals surface area contributed by atoms with Crippen molar-refractivity contribution in [3.8, 4) is 0 Å². The van der Waals surface area contributed by atoms with Crippen molar-refractivity contribution in [2.45, 2.75) is 43.8 Å². The van der Waals surface area contributed by atoms with Crippen LogP contribution in [-0.4, -0.2) is 47.6 Å². The molecule has 0 radical (unpaired) electrons. The van der Waals surface area contributed by atoms with Gasteiger partial charge in [-0.25, -0.2) is 0 Å². The molecule has 4 aliphatic rings. The van der Waals surface area contributed by atoms with Crippen LogP contribution >= 0.6 is 0 Å². The first-order valence-electron chi connectivity index (χ1n) is 10.7. The topological polar surface area (TPSA) is 23.5 Å². The molecule has 174 valence electrons. The summed E-state index contributed by atoms with van der Waals surface area (Å²) in [6, 6.07) is 9.36. The van der Waals surface area contributed by atoms with Crippen LogP contribution in [-0.2, 0) is 6.42 Å². The summed E-state index contributed by atoms with van der Waals surface area (Å²) < 4.78 is 80.9. The third-order valence-corrected chi connectivity index (χ3v) is 7.09. The Labute approximate surface area is 182 Å². The second-order valence-corrected chi connectivity index (χ2v) is 8.92. The molecule has 8 heteroatoms. The fourth-order valence-electron chi connectivity index (χ4n) is 5.50. The summed E-state index contributed by atoms with van der Waals surface area (Å²) in [5.74, 6) is -2.91. The van der Waals surface area contributed by atoms with Crippen molar-refractivity contribution in [1.29, 1.82) is 0 Å². The van der Waals surface area contributed by atoms with Crippen LogP contribution in [0.3, 0.4) is 0 Å². The molecule has 0 amide bonds. The maximum absolute atomic E-state index is 13.6. The van der Waals surface area contributed by atoms with E-state index < -0.39 is 41.4 Å². The Morgan fingerprint density at radius 2 is 1.66 bits per heavy atom. The first-order valence-corrected chi connectivity index (χ1v) is 10.7. The SMILES string of the molecule is C=C1C(C(O)C2C3CCN(CC3)C2Cc2ccccc2)=CC(C(F)(F)F)=CC1C(F)(F)F. The number of aliphatic hydroxyl groups excluding tert-OH is 1. The van der Waals surface area contributed by atoms with Gasteiger partial charge >= 0.3 is 12.4 Å². The van der Waals surface area contributed by atoms with Crippen molar-refractivity contribution in [3.63, 3.8) is 0 Å². The monoisotopic (exact) mass is 457 g/mol. The molecule has 3 saturated heterocycles. The lowest BCUT2D eigenvalue weighted by molar-refractivity contribution is -0.153. The molecule has 1 aliphatic carbocycles. The molecule has 0 aromatic heterocycles. The molecule has 3 aliphatic heterocycles. The van der Waals surface area contributed by atoms with E-state index in [0.29, 0.717) is 12.5 Å². The van der Waals surface area contributed by atoms with Crippen LogP contribution in [0.25, 0.3) is 0 Å². The molecule has 1 aromatic carbocycles. The molecule has 4 unspecified atom stereocenters. The molecule has 1 aromatic rings. The third-order valence-electron chi connectivity index (χ3n) is 7.09. The van der Waals surface area contributed by atoms with Gasteiger partial charge in [0.15, 0.2) is 0 Å². The van der Waals surface area contributed by atoms with Crippen molar-refractivity contribution in [3.05, 3.63) is 71.3 Å². The summed E-state index contributed by atoms with van der Waals surface area (Å²) in [4.78, 5) is 2.20. The molecular weight excluding hydrogens is 432 g/mol. The van der Waals surface area contributed by atoms with Crippen LogP contribution in [0.5, 0.6) is 0 Å². The first kappa shape index (κ1) is 23.1. The van der Waals surface area contributed by atoms with Crippen LogP contribution < -0.4 is 0 Å². The van der Waals surface area contributed by atoms with Crippen molar-refractivity contribution in [1.82, 2.24) is 4.90 Å². The van der Waals surface area contributed by atoms with E-state index in [9.17, 15) is 31.4 Å². The van der Waals surface area contributed by atoms with Crippen LogP contribution in [0.15, 0.2) is 65.8 Å². The van der Waals surface area contributed by atoms with Crippen LogP contribution in [0.1, 0.15) is 18.4 Å². The minimum atomic E-state index is -4.95. The number of hydrogen-bond donors (Lipinski definition) is 1. The highest BCUT2D eigenvalue weighted by Gasteiger charge is 2.51. The summed E-state index contributed by atoms with van der Waals surface area (Å²) in [6.07, 6.45) is -8.42. The van der Waals surface area contributed by atoms with E-state index in [1.165, 1.54) is 0 Å². The number of benzene rings is 1. The van der Waals surface area contributed by atoms with Gasteiger partial charge < -0.3 is 5.11 Å². The van der Waals surface area contributed by atoms with E-state index in [1.807, 2.05) is 30.3 Å². The number of alkyl halides is 6. The lowest BCUT2D eigenvalue weighted by atomic mass is 9.66. The van der Waals surface area contributed by atoms with E-state index in [4.69, 9.17) is 0 Å². The predicted molar refractivity (Wildman–Crippen MR) is 109 cm³/mol. The molecular formula is C24H25F6NO. The van der Waals surface area contributed by atoms with Gasteiger partial charge in [-0.3, -0.25) is 4.90 Å². The zero-order chi connectivity index (χ0) is 23.3. The van der Waals surface area contributed by atoms with E-state index >= 15 is 0 Å². The Hall–Kier alpha value is -2.06. The molecule has 3 fully saturated rings. The average Bonchev–Trinajstić information content (AvgIpc) is 2.73. The number of aliphatic hydroxyl groups is 1. The van der Waals surface area contributed by atoms with Gasteiger partial charge in [-0.2, -0.15) is 26.3 Å². The highest BCUT2D eigenvalue weighted by atomic mass is 19.4. The van der Waals surface area contributed by atoms with Gasteiger partial charge in [0.2, 0.25) is 0 Å². The zero-order valence-corrected chi connectivity index (χ0v) is 17.3. The Morgan fingerprint density at radius 1 is 1.03 bits per heavy atom. The lowest BCUT2D eigenvalue weighted by Crippen LogP contribution is -2.59. The van der Waals surface area contributed by atoms with Gasteiger partial charge in [-0.05, 0) is 61.1 Å². The van der Waals surface area contributed by atoms with Gasteiger partial charge in [0.1, 0.15) is 0 Å². The number of nitrogens with zero attached hydrogens (tertiary/aromatic N) is 1. The molecule has 2 nitrogen and oxygen atoms in total. The highest BCUT2D eigenvalue weighted by Crippen LogP contribution is 2.48. The molecule has 32 heavy (non-hydrogen) atoms. The third kappa shape index (κ3) is 4.39. The minimum absolute atomic E-state index is 0.0296. The summed E-state index contributed by atoms with van der Waals surface area (Å²) in [5.41, 5.74) is -1.23.